The molecule has 0 fully saturated rings. The lowest BCUT2D eigenvalue weighted by Crippen LogP contribution is -2.30. The Labute approximate surface area is 127 Å². The van der Waals surface area contributed by atoms with Crippen molar-refractivity contribution in [3.63, 3.8) is 0 Å². The van der Waals surface area contributed by atoms with Gasteiger partial charge in [-0.2, -0.15) is 0 Å². The van der Waals surface area contributed by atoms with Crippen LogP contribution in [0, 0.1) is 5.82 Å². The van der Waals surface area contributed by atoms with Gasteiger partial charge < -0.3 is 5.32 Å². The smallest absolute Gasteiger partial charge is 0.142 e. The van der Waals surface area contributed by atoms with E-state index in [1.54, 1.807) is 12.1 Å². The molecule has 1 nitrogen and oxygen atoms in total. The van der Waals surface area contributed by atoms with Gasteiger partial charge in [0, 0.05) is 6.04 Å². The highest BCUT2D eigenvalue weighted by Crippen LogP contribution is 2.18. The van der Waals surface area contributed by atoms with Crippen molar-refractivity contribution in [3.05, 3.63) is 34.6 Å². The summed E-state index contributed by atoms with van der Waals surface area (Å²) < 4.78 is 13.5. The average molecular weight is 300 g/mol. The van der Waals surface area contributed by atoms with Crippen molar-refractivity contribution in [3.8, 4) is 0 Å². The van der Waals surface area contributed by atoms with Gasteiger partial charge in [0.2, 0.25) is 0 Å². The standard InChI is InChI=1S/C17H27ClFN/c1-3-5-6-7-8-9-15(20-4-2)12-14-10-11-16(18)17(19)13-14/h10-11,13,15,20H,3-9,12H2,1-2H3. The normalized spacial score (nSPS) is 12.6. The molecular weight excluding hydrogens is 273 g/mol. The molecule has 0 saturated heterocycles. The quantitative estimate of drug-likeness (QED) is 0.573. The van der Waals surface area contributed by atoms with E-state index in [1.165, 1.54) is 32.1 Å². The van der Waals surface area contributed by atoms with Gasteiger partial charge >= 0.3 is 0 Å². The van der Waals surface area contributed by atoms with Crippen molar-refractivity contribution < 1.29 is 4.39 Å². The number of rotatable bonds is 10. The number of benzene rings is 1. The summed E-state index contributed by atoms with van der Waals surface area (Å²) in [6.45, 7) is 5.30. The molecule has 1 aromatic rings. The topological polar surface area (TPSA) is 12.0 Å². The molecule has 0 aromatic heterocycles. The SMILES string of the molecule is CCCCCCCC(Cc1ccc(Cl)c(F)c1)NCC. The zero-order valence-electron chi connectivity index (χ0n) is 12.7. The van der Waals surface area contributed by atoms with Gasteiger partial charge in [-0.3, -0.25) is 0 Å². The van der Waals surface area contributed by atoms with Crippen LogP contribution >= 0.6 is 11.6 Å². The number of nitrogens with one attached hydrogen (secondary N) is 1. The monoisotopic (exact) mass is 299 g/mol. The molecule has 0 aliphatic rings. The Kier molecular flexibility index (Phi) is 8.88. The Morgan fingerprint density at radius 3 is 2.55 bits per heavy atom. The van der Waals surface area contributed by atoms with Gasteiger partial charge in [0.1, 0.15) is 5.82 Å². The summed E-state index contributed by atoms with van der Waals surface area (Å²) in [5.74, 6) is -0.317. The second kappa shape index (κ2) is 10.2. The first-order chi connectivity index (χ1) is 9.67. The molecule has 0 saturated carbocycles. The third-order valence-corrected chi connectivity index (χ3v) is 3.92. The van der Waals surface area contributed by atoms with Crippen molar-refractivity contribution in [2.45, 2.75) is 64.8 Å². The first-order valence-corrected chi connectivity index (χ1v) is 8.22. The van der Waals surface area contributed by atoms with Crippen LogP contribution in [0.2, 0.25) is 5.02 Å². The van der Waals surface area contributed by atoms with E-state index in [0.717, 1.165) is 24.9 Å². The maximum absolute atomic E-state index is 13.5. The van der Waals surface area contributed by atoms with Gasteiger partial charge in [0.25, 0.3) is 0 Å². The van der Waals surface area contributed by atoms with Crippen LogP contribution in [0.15, 0.2) is 18.2 Å². The first-order valence-electron chi connectivity index (χ1n) is 7.84. The molecule has 1 rings (SSSR count). The summed E-state index contributed by atoms with van der Waals surface area (Å²) in [7, 11) is 0. The van der Waals surface area contributed by atoms with E-state index in [2.05, 4.69) is 19.2 Å². The third kappa shape index (κ3) is 6.71. The minimum atomic E-state index is -0.317. The molecule has 1 N–H and O–H groups in total. The Morgan fingerprint density at radius 1 is 1.15 bits per heavy atom. The minimum absolute atomic E-state index is 0.202. The van der Waals surface area contributed by atoms with Crippen molar-refractivity contribution >= 4 is 11.6 Å². The molecule has 0 bridgehead atoms. The van der Waals surface area contributed by atoms with Gasteiger partial charge in [-0.1, -0.05) is 63.6 Å². The highest BCUT2D eigenvalue weighted by atomic mass is 35.5. The Bertz CT molecular complexity index is 381. The van der Waals surface area contributed by atoms with E-state index in [9.17, 15) is 4.39 Å². The third-order valence-electron chi connectivity index (χ3n) is 3.62. The highest BCUT2D eigenvalue weighted by Gasteiger charge is 2.10. The van der Waals surface area contributed by atoms with E-state index in [4.69, 9.17) is 11.6 Å². The average Bonchev–Trinajstić information content (AvgIpc) is 2.43. The predicted molar refractivity (Wildman–Crippen MR) is 86.0 cm³/mol. The van der Waals surface area contributed by atoms with Crippen LogP contribution in [0.1, 0.15) is 57.9 Å². The van der Waals surface area contributed by atoms with Gasteiger partial charge in [0.05, 0.1) is 5.02 Å². The summed E-state index contributed by atoms with van der Waals surface area (Å²) >= 11 is 5.72. The maximum atomic E-state index is 13.5. The van der Waals surface area contributed by atoms with Crippen LogP contribution in [-0.2, 0) is 6.42 Å². The van der Waals surface area contributed by atoms with Crippen LogP contribution in [0.4, 0.5) is 4.39 Å². The number of halogens is 2. The summed E-state index contributed by atoms with van der Waals surface area (Å²) in [5, 5.41) is 3.70. The van der Waals surface area contributed by atoms with Crippen molar-refractivity contribution in [1.82, 2.24) is 5.32 Å². The van der Waals surface area contributed by atoms with Gasteiger partial charge in [-0.05, 0) is 37.1 Å². The predicted octanol–water partition coefficient (Wildman–Crippen LogP) is 5.36. The summed E-state index contributed by atoms with van der Waals surface area (Å²) in [6.07, 6.45) is 8.50. The van der Waals surface area contributed by atoms with E-state index < -0.39 is 0 Å². The van der Waals surface area contributed by atoms with E-state index in [-0.39, 0.29) is 10.8 Å². The fourth-order valence-corrected chi connectivity index (χ4v) is 2.63. The number of hydrogen-bond donors (Lipinski definition) is 1. The lowest BCUT2D eigenvalue weighted by Gasteiger charge is -2.18. The molecule has 0 heterocycles. The molecular formula is C17H27ClFN. The summed E-state index contributed by atoms with van der Waals surface area (Å²) in [6, 6.07) is 5.56. The van der Waals surface area contributed by atoms with Gasteiger partial charge in [-0.15, -0.1) is 0 Å². The number of unbranched alkanes of at least 4 members (excludes halogenated alkanes) is 4. The molecule has 114 valence electrons. The Hall–Kier alpha value is -0.600. The van der Waals surface area contributed by atoms with Crippen molar-refractivity contribution in [2.75, 3.05) is 6.54 Å². The molecule has 0 radical (unpaired) electrons. The first kappa shape index (κ1) is 17.5. The summed E-state index contributed by atoms with van der Waals surface area (Å²) in [4.78, 5) is 0. The molecule has 0 spiro atoms. The van der Waals surface area contributed by atoms with Crippen LogP contribution in [0.5, 0.6) is 0 Å². The van der Waals surface area contributed by atoms with Crippen molar-refractivity contribution in [2.24, 2.45) is 0 Å². The molecule has 0 aliphatic heterocycles. The highest BCUT2D eigenvalue weighted by molar-refractivity contribution is 6.30. The minimum Gasteiger partial charge on any atom is -0.314 e. The van der Waals surface area contributed by atoms with Gasteiger partial charge in [0.15, 0.2) is 0 Å². The van der Waals surface area contributed by atoms with Crippen LogP contribution in [0.3, 0.4) is 0 Å². The molecule has 3 heteroatoms. The molecule has 20 heavy (non-hydrogen) atoms. The van der Waals surface area contributed by atoms with E-state index in [1.807, 2.05) is 6.07 Å². The number of hydrogen-bond acceptors (Lipinski definition) is 1. The second-order valence-electron chi connectivity index (χ2n) is 5.41. The maximum Gasteiger partial charge on any atom is 0.142 e. The molecule has 1 aromatic carbocycles. The van der Waals surface area contributed by atoms with Crippen LogP contribution < -0.4 is 5.32 Å². The molecule has 1 unspecified atom stereocenters. The van der Waals surface area contributed by atoms with Crippen LogP contribution in [0.25, 0.3) is 0 Å². The largest absolute Gasteiger partial charge is 0.314 e. The Balaban J connectivity index is 2.42. The van der Waals surface area contributed by atoms with Crippen molar-refractivity contribution in [1.29, 1.82) is 0 Å². The lowest BCUT2D eigenvalue weighted by molar-refractivity contribution is 0.460. The molecule has 0 aliphatic carbocycles. The summed E-state index contributed by atoms with van der Waals surface area (Å²) in [5.41, 5.74) is 1.02. The van der Waals surface area contributed by atoms with Gasteiger partial charge in [-0.25, -0.2) is 4.39 Å². The number of likely N-dealkylation sites (N-methyl/N-ethyl adjacent to an activating group) is 1. The fourth-order valence-electron chi connectivity index (χ4n) is 2.51. The van der Waals surface area contributed by atoms with E-state index >= 15 is 0 Å². The zero-order chi connectivity index (χ0) is 14.8. The van der Waals surface area contributed by atoms with Crippen LogP contribution in [-0.4, -0.2) is 12.6 Å². The lowest BCUT2D eigenvalue weighted by atomic mass is 9.99. The molecule has 1 atom stereocenters. The molecule has 0 amide bonds. The zero-order valence-corrected chi connectivity index (χ0v) is 13.5. The van der Waals surface area contributed by atoms with E-state index in [0.29, 0.717) is 6.04 Å². The second-order valence-corrected chi connectivity index (χ2v) is 5.82. The fraction of sp³-hybridized carbons (Fsp3) is 0.647. The Morgan fingerprint density at radius 2 is 1.90 bits per heavy atom.